The largest absolute Gasteiger partial charge is 0.399 e. The highest BCUT2D eigenvalue weighted by Gasteiger charge is 1.97. The zero-order chi connectivity index (χ0) is 11.4. The summed E-state index contributed by atoms with van der Waals surface area (Å²) in [5.41, 5.74) is 9.76. The highest BCUT2D eigenvalue weighted by Crippen LogP contribution is 2.16. The molecular formula is C13H15N3. The Morgan fingerprint density at radius 1 is 1.25 bits per heavy atom. The van der Waals surface area contributed by atoms with Crippen molar-refractivity contribution < 1.29 is 0 Å². The van der Waals surface area contributed by atoms with Gasteiger partial charge in [0.1, 0.15) is 0 Å². The minimum Gasteiger partial charge on any atom is -0.399 e. The zero-order valence-electron chi connectivity index (χ0n) is 9.27. The fraction of sp³-hybridized carbons (Fsp3) is 0.154. The summed E-state index contributed by atoms with van der Waals surface area (Å²) in [6, 6.07) is 11.8. The summed E-state index contributed by atoms with van der Waals surface area (Å²) in [5, 5.41) is 3.31. The second kappa shape index (κ2) is 4.66. The summed E-state index contributed by atoms with van der Waals surface area (Å²) in [7, 11) is 0. The molecule has 1 aromatic carbocycles. The first kappa shape index (κ1) is 10.5. The lowest BCUT2D eigenvalue weighted by molar-refractivity contribution is 1.05. The number of nitrogens with one attached hydrogen (secondary N) is 1. The number of pyridine rings is 1. The van der Waals surface area contributed by atoms with E-state index in [2.05, 4.69) is 10.3 Å². The standard InChI is InChI=1S/C13H15N3/c1-10-8-11(5-6-13(10)14)16-9-12-4-2-3-7-15-12/h2-8,16H,9,14H2,1H3. The van der Waals surface area contributed by atoms with E-state index in [-0.39, 0.29) is 0 Å². The van der Waals surface area contributed by atoms with Gasteiger partial charge in [-0.05, 0) is 42.8 Å². The highest BCUT2D eigenvalue weighted by atomic mass is 14.9. The second-order valence-electron chi connectivity index (χ2n) is 3.75. The maximum Gasteiger partial charge on any atom is 0.0594 e. The van der Waals surface area contributed by atoms with E-state index in [0.29, 0.717) is 0 Å². The lowest BCUT2D eigenvalue weighted by atomic mass is 10.2. The maximum atomic E-state index is 5.76. The van der Waals surface area contributed by atoms with Gasteiger partial charge in [-0.25, -0.2) is 0 Å². The molecule has 0 spiro atoms. The minimum atomic E-state index is 0.726. The molecule has 0 saturated carbocycles. The predicted octanol–water partition coefficient (Wildman–Crippen LogP) is 2.58. The topological polar surface area (TPSA) is 50.9 Å². The smallest absolute Gasteiger partial charge is 0.0594 e. The fourth-order valence-electron chi connectivity index (χ4n) is 1.48. The van der Waals surface area contributed by atoms with Crippen molar-refractivity contribution in [3.05, 3.63) is 53.9 Å². The molecule has 0 aliphatic heterocycles. The monoisotopic (exact) mass is 213 g/mol. The van der Waals surface area contributed by atoms with Crippen LogP contribution in [0.5, 0.6) is 0 Å². The van der Waals surface area contributed by atoms with Gasteiger partial charge in [0.25, 0.3) is 0 Å². The molecule has 0 amide bonds. The third-order valence-electron chi connectivity index (χ3n) is 2.47. The van der Waals surface area contributed by atoms with Crippen molar-refractivity contribution in [2.24, 2.45) is 0 Å². The van der Waals surface area contributed by atoms with E-state index in [1.807, 2.05) is 43.3 Å². The number of nitrogens with two attached hydrogens (primary N) is 1. The van der Waals surface area contributed by atoms with E-state index in [9.17, 15) is 0 Å². The van der Waals surface area contributed by atoms with Crippen molar-refractivity contribution in [1.29, 1.82) is 0 Å². The van der Waals surface area contributed by atoms with E-state index >= 15 is 0 Å². The number of nitrogen functional groups attached to an aromatic ring is 1. The predicted molar refractivity (Wildman–Crippen MR) is 67.2 cm³/mol. The van der Waals surface area contributed by atoms with Crippen molar-refractivity contribution in [2.75, 3.05) is 11.1 Å². The van der Waals surface area contributed by atoms with Crippen LogP contribution in [-0.2, 0) is 6.54 Å². The number of aromatic nitrogens is 1. The summed E-state index contributed by atoms with van der Waals surface area (Å²) in [5.74, 6) is 0. The Bertz CT molecular complexity index is 466. The van der Waals surface area contributed by atoms with Gasteiger partial charge in [-0.2, -0.15) is 0 Å². The molecule has 3 nitrogen and oxygen atoms in total. The molecule has 0 atom stereocenters. The Kier molecular flexibility index (Phi) is 3.05. The first-order valence-electron chi connectivity index (χ1n) is 5.25. The number of nitrogens with zero attached hydrogens (tertiary/aromatic N) is 1. The number of hydrogen-bond donors (Lipinski definition) is 2. The van der Waals surface area contributed by atoms with Gasteiger partial charge in [-0.3, -0.25) is 4.98 Å². The average Bonchev–Trinajstić information content (AvgIpc) is 2.32. The summed E-state index contributed by atoms with van der Waals surface area (Å²) < 4.78 is 0. The summed E-state index contributed by atoms with van der Waals surface area (Å²) in [6.07, 6.45) is 1.80. The van der Waals surface area contributed by atoms with Crippen molar-refractivity contribution in [2.45, 2.75) is 13.5 Å². The Hall–Kier alpha value is -2.03. The van der Waals surface area contributed by atoms with Gasteiger partial charge in [0.05, 0.1) is 12.2 Å². The minimum absolute atomic E-state index is 0.726. The Balaban J connectivity index is 2.03. The van der Waals surface area contributed by atoms with Gasteiger partial charge in [0, 0.05) is 17.6 Å². The average molecular weight is 213 g/mol. The SMILES string of the molecule is Cc1cc(NCc2ccccn2)ccc1N. The maximum absolute atomic E-state index is 5.76. The van der Waals surface area contributed by atoms with E-state index < -0.39 is 0 Å². The molecule has 0 bridgehead atoms. The molecule has 0 fully saturated rings. The van der Waals surface area contributed by atoms with Gasteiger partial charge in [-0.1, -0.05) is 6.07 Å². The van der Waals surface area contributed by atoms with Crippen LogP contribution in [0, 0.1) is 6.92 Å². The molecule has 3 N–H and O–H groups in total. The summed E-state index contributed by atoms with van der Waals surface area (Å²) >= 11 is 0. The lowest BCUT2D eigenvalue weighted by Gasteiger charge is -2.07. The molecule has 1 heterocycles. The third kappa shape index (κ3) is 2.51. The highest BCUT2D eigenvalue weighted by molar-refractivity contribution is 5.56. The molecule has 82 valence electrons. The molecular weight excluding hydrogens is 198 g/mol. The van der Waals surface area contributed by atoms with Crippen molar-refractivity contribution in [3.8, 4) is 0 Å². The summed E-state index contributed by atoms with van der Waals surface area (Å²) in [4.78, 5) is 4.25. The molecule has 0 aliphatic carbocycles. The van der Waals surface area contributed by atoms with Crippen LogP contribution in [0.3, 0.4) is 0 Å². The first-order valence-corrected chi connectivity index (χ1v) is 5.25. The quantitative estimate of drug-likeness (QED) is 0.770. The number of aryl methyl sites for hydroxylation is 1. The van der Waals surface area contributed by atoms with Crippen molar-refractivity contribution in [3.63, 3.8) is 0 Å². The van der Waals surface area contributed by atoms with E-state index in [4.69, 9.17) is 5.73 Å². The van der Waals surface area contributed by atoms with Crippen LogP contribution in [-0.4, -0.2) is 4.98 Å². The molecule has 2 aromatic rings. The van der Waals surface area contributed by atoms with E-state index in [0.717, 1.165) is 29.2 Å². The number of hydrogen-bond acceptors (Lipinski definition) is 3. The number of rotatable bonds is 3. The van der Waals surface area contributed by atoms with Crippen LogP contribution in [0.15, 0.2) is 42.6 Å². The number of anilines is 2. The van der Waals surface area contributed by atoms with E-state index in [1.165, 1.54) is 0 Å². The van der Waals surface area contributed by atoms with Gasteiger partial charge in [0.15, 0.2) is 0 Å². The van der Waals surface area contributed by atoms with Crippen LogP contribution in [0.2, 0.25) is 0 Å². The normalized spacial score (nSPS) is 10.1. The van der Waals surface area contributed by atoms with Crippen LogP contribution < -0.4 is 11.1 Å². The van der Waals surface area contributed by atoms with Crippen LogP contribution in [0.25, 0.3) is 0 Å². The van der Waals surface area contributed by atoms with Gasteiger partial charge in [-0.15, -0.1) is 0 Å². The third-order valence-corrected chi connectivity index (χ3v) is 2.47. The molecule has 3 heteroatoms. The van der Waals surface area contributed by atoms with Crippen molar-refractivity contribution >= 4 is 11.4 Å². The lowest BCUT2D eigenvalue weighted by Crippen LogP contribution is -2.01. The number of benzene rings is 1. The molecule has 0 radical (unpaired) electrons. The van der Waals surface area contributed by atoms with Crippen molar-refractivity contribution in [1.82, 2.24) is 4.98 Å². The molecule has 0 unspecified atom stereocenters. The second-order valence-corrected chi connectivity index (χ2v) is 3.75. The van der Waals surface area contributed by atoms with Crippen LogP contribution in [0.4, 0.5) is 11.4 Å². The van der Waals surface area contributed by atoms with Crippen LogP contribution >= 0.6 is 0 Å². The first-order chi connectivity index (χ1) is 7.75. The van der Waals surface area contributed by atoms with Gasteiger partial charge < -0.3 is 11.1 Å². The molecule has 0 saturated heterocycles. The molecule has 2 rings (SSSR count). The van der Waals surface area contributed by atoms with Gasteiger partial charge >= 0.3 is 0 Å². The van der Waals surface area contributed by atoms with Gasteiger partial charge in [0.2, 0.25) is 0 Å². The zero-order valence-corrected chi connectivity index (χ0v) is 9.27. The van der Waals surface area contributed by atoms with Crippen LogP contribution in [0.1, 0.15) is 11.3 Å². The van der Waals surface area contributed by atoms with E-state index in [1.54, 1.807) is 6.20 Å². The molecule has 16 heavy (non-hydrogen) atoms. The fourth-order valence-corrected chi connectivity index (χ4v) is 1.48. The molecule has 1 aromatic heterocycles. The Morgan fingerprint density at radius 2 is 2.12 bits per heavy atom. The Labute approximate surface area is 95.3 Å². The summed E-state index contributed by atoms with van der Waals surface area (Å²) in [6.45, 7) is 2.73. The Morgan fingerprint density at radius 3 is 2.81 bits per heavy atom. The molecule has 0 aliphatic rings.